The zero-order valence-corrected chi connectivity index (χ0v) is 17.9. The standard InChI is InChI=1S/C22H20F3N5O3/c1-12(2)21(31)32-9-8-30-28-16(11-26)17(29-30)18-19(13-6-7-13)33-20(27-18)14-4-3-5-15(10-14)22(23,24)25/h3-5,10,12-13H,6-9H2,1-2H3. The monoisotopic (exact) mass is 459 g/mol. The molecule has 0 unspecified atom stereocenters. The average molecular weight is 459 g/mol. The van der Waals surface area contributed by atoms with Gasteiger partial charge in [0.15, 0.2) is 11.4 Å². The first kappa shape index (κ1) is 22.5. The minimum absolute atomic E-state index is 0.00372. The van der Waals surface area contributed by atoms with Crippen molar-refractivity contribution in [2.75, 3.05) is 6.61 Å². The highest BCUT2D eigenvalue weighted by Gasteiger charge is 2.35. The minimum atomic E-state index is -4.50. The summed E-state index contributed by atoms with van der Waals surface area (Å²) in [4.78, 5) is 17.3. The molecule has 0 saturated heterocycles. The molecule has 1 aliphatic rings. The lowest BCUT2D eigenvalue weighted by atomic mass is 10.1. The van der Waals surface area contributed by atoms with Crippen LogP contribution in [0.15, 0.2) is 28.7 Å². The first-order valence-corrected chi connectivity index (χ1v) is 10.4. The molecule has 0 bridgehead atoms. The topological polar surface area (TPSA) is 107 Å². The molecule has 2 aromatic heterocycles. The molecule has 1 aromatic carbocycles. The Bertz CT molecular complexity index is 1220. The van der Waals surface area contributed by atoms with E-state index < -0.39 is 11.7 Å². The molecule has 1 aliphatic carbocycles. The molecular formula is C22H20F3N5O3. The third-order valence-corrected chi connectivity index (χ3v) is 5.03. The molecule has 8 nitrogen and oxygen atoms in total. The van der Waals surface area contributed by atoms with E-state index in [9.17, 15) is 23.2 Å². The van der Waals surface area contributed by atoms with Gasteiger partial charge in [0, 0.05) is 11.5 Å². The van der Waals surface area contributed by atoms with E-state index in [1.165, 1.54) is 16.9 Å². The number of carbonyl (C=O) groups is 1. The van der Waals surface area contributed by atoms with Crippen molar-refractivity contribution in [1.82, 2.24) is 20.0 Å². The van der Waals surface area contributed by atoms with E-state index >= 15 is 0 Å². The van der Waals surface area contributed by atoms with Crippen LogP contribution in [-0.2, 0) is 22.3 Å². The lowest BCUT2D eigenvalue weighted by Crippen LogP contribution is -2.16. The fraction of sp³-hybridized carbons (Fsp3) is 0.409. The smallest absolute Gasteiger partial charge is 0.416 e. The molecule has 0 N–H and O–H groups in total. The van der Waals surface area contributed by atoms with Gasteiger partial charge in [0.05, 0.1) is 18.0 Å². The van der Waals surface area contributed by atoms with Crippen molar-refractivity contribution >= 4 is 5.97 Å². The molecule has 33 heavy (non-hydrogen) atoms. The summed E-state index contributed by atoms with van der Waals surface area (Å²) < 4.78 is 50.4. The number of hydrogen-bond acceptors (Lipinski definition) is 7. The predicted molar refractivity (Wildman–Crippen MR) is 108 cm³/mol. The lowest BCUT2D eigenvalue weighted by molar-refractivity contribution is -0.147. The molecule has 4 rings (SSSR count). The normalized spacial score (nSPS) is 13.8. The Hall–Kier alpha value is -3.68. The highest BCUT2D eigenvalue weighted by molar-refractivity contribution is 5.71. The number of oxazole rings is 1. The summed E-state index contributed by atoms with van der Waals surface area (Å²) in [6.07, 6.45) is -2.82. The second-order valence-electron chi connectivity index (χ2n) is 8.01. The number of ether oxygens (including phenoxy) is 1. The number of nitriles is 1. The molecule has 0 spiro atoms. The van der Waals surface area contributed by atoms with Gasteiger partial charge in [-0.25, -0.2) is 4.98 Å². The Morgan fingerprint density at radius 2 is 2.06 bits per heavy atom. The number of hydrogen-bond donors (Lipinski definition) is 0. The van der Waals surface area contributed by atoms with Crippen molar-refractivity contribution in [3.05, 3.63) is 41.3 Å². The fourth-order valence-corrected chi connectivity index (χ4v) is 3.15. The number of benzene rings is 1. The molecule has 2 heterocycles. The largest absolute Gasteiger partial charge is 0.463 e. The molecule has 0 aliphatic heterocycles. The van der Waals surface area contributed by atoms with Crippen molar-refractivity contribution in [3.8, 4) is 28.9 Å². The van der Waals surface area contributed by atoms with Crippen LogP contribution in [0.5, 0.6) is 0 Å². The number of alkyl halides is 3. The SMILES string of the molecule is CC(C)C(=O)OCCn1nc(C#N)c(-c2nc(-c3cccc(C(F)(F)F)c3)oc2C2CC2)n1. The average Bonchev–Trinajstić information content (AvgIpc) is 3.39. The van der Waals surface area contributed by atoms with Gasteiger partial charge in [-0.3, -0.25) is 4.79 Å². The van der Waals surface area contributed by atoms with Gasteiger partial charge in [0.2, 0.25) is 5.89 Å². The van der Waals surface area contributed by atoms with Crippen molar-refractivity contribution in [3.63, 3.8) is 0 Å². The molecule has 1 fully saturated rings. The van der Waals surface area contributed by atoms with E-state index in [2.05, 4.69) is 15.2 Å². The first-order chi connectivity index (χ1) is 15.7. The maximum Gasteiger partial charge on any atom is 0.416 e. The molecule has 0 atom stereocenters. The highest BCUT2D eigenvalue weighted by Crippen LogP contribution is 2.46. The lowest BCUT2D eigenvalue weighted by Gasteiger charge is -2.06. The predicted octanol–water partition coefficient (Wildman–Crippen LogP) is 4.57. The Morgan fingerprint density at radius 3 is 2.70 bits per heavy atom. The van der Waals surface area contributed by atoms with Crippen LogP contribution in [0.2, 0.25) is 0 Å². The van der Waals surface area contributed by atoms with Crippen LogP contribution >= 0.6 is 0 Å². The second-order valence-corrected chi connectivity index (χ2v) is 8.01. The third-order valence-electron chi connectivity index (χ3n) is 5.03. The van der Waals surface area contributed by atoms with Gasteiger partial charge >= 0.3 is 12.1 Å². The Kier molecular flexibility index (Phi) is 5.93. The van der Waals surface area contributed by atoms with E-state index in [4.69, 9.17) is 9.15 Å². The molecule has 11 heteroatoms. The number of halogens is 3. The van der Waals surface area contributed by atoms with Crippen molar-refractivity contribution < 1.29 is 27.1 Å². The maximum absolute atomic E-state index is 13.1. The summed E-state index contributed by atoms with van der Waals surface area (Å²) in [6.45, 7) is 3.59. The third kappa shape index (κ3) is 4.89. The zero-order valence-electron chi connectivity index (χ0n) is 17.9. The van der Waals surface area contributed by atoms with Gasteiger partial charge in [0.25, 0.3) is 0 Å². The number of nitrogens with zero attached hydrogens (tertiary/aromatic N) is 5. The summed E-state index contributed by atoms with van der Waals surface area (Å²) in [5.41, 5.74) is -0.184. The summed E-state index contributed by atoms with van der Waals surface area (Å²) >= 11 is 0. The van der Waals surface area contributed by atoms with Gasteiger partial charge in [-0.15, -0.1) is 10.2 Å². The van der Waals surface area contributed by atoms with Gasteiger partial charge < -0.3 is 9.15 Å². The molecule has 3 aromatic rings. The minimum Gasteiger partial charge on any atom is -0.463 e. The van der Waals surface area contributed by atoms with Crippen LogP contribution in [0.4, 0.5) is 13.2 Å². The maximum atomic E-state index is 13.1. The fourth-order valence-electron chi connectivity index (χ4n) is 3.15. The van der Waals surface area contributed by atoms with Gasteiger partial charge in [-0.1, -0.05) is 19.9 Å². The number of esters is 1. The second kappa shape index (κ2) is 8.69. The molecule has 0 amide bonds. The van der Waals surface area contributed by atoms with Crippen LogP contribution in [0.25, 0.3) is 22.8 Å². The Morgan fingerprint density at radius 1 is 1.30 bits per heavy atom. The van der Waals surface area contributed by atoms with Crippen molar-refractivity contribution in [2.24, 2.45) is 5.92 Å². The Balaban J connectivity index is 1.66. The van der Waals surface area contributed by atoms with Crippen LogP contribution in [0.3, 0.4) is 0 Å². The van der Waals surface area contributed by atoms with E-state index in [0.717, 1.165) is 25.0 Å². The zero-order chi connectivity index (χ0) is 23.8. The number of carbonyl (C=O) groups excluding carboxylic acids is 1. The Labute approximate surface area is 187 Å². The van der Waals surface area contributed by atoms with Crippen molar-refractivity contribution in [1.29, 1.82) is 5.26 Å². The summed E-state index contributed by atoms with van der Waals surface area (Å²) in [6, 6.07) is 6.67. The first-order valence-electron chi connectivity index (χ1n) is 10.4. The van der Waals surface area contributed by atoms with E-state index in [-0.39, 0.29) is 59.5 Å². The van der Waals surface area contributed by atoms with Crippen LogP contribution in [-0.4, -0.2) is 32.6 Å². The quantitative estimate of drug-likeness (QED) is 0.477. The summed E-state index contributed by atoms with van der Waals surface area (Å²) in [7, 11) is 0. The van der Waals surface area contributed by atoms with Crippen LogP contribution in [0.1, 0.15) is 49.6 Å². The van der Waals surface area contributed by atoms with Crippen molar-refractivity contribution in [2.45, 2.75) is 45.3 Å². The summed E-state index contributed by atoms with van der Waals surface area (Å²) in [5, 5.41) is 18.0. The van der Waals surface area contributed by atoms with E-state index in [1.807, 2.05) is 6.07 Å². The molecular weight excluding hydrogens is 439 g/mol. The van der Waals surface area contributed by atoms with Crippen LogP contribution < -0.4 is 0 Å². The molecule has 1 saturated carbocycles. The van der Waals surface area contributed by atoms with Gasteiger partial charge in [-0.2, -0.15) is 23.2 Å². The highest BCUT2D eigenvalue weighted by atomic mass is 19.4. The van der Waals surface area contributed by atoms with Gasteiger partial charge in [-0.05, 0) is 31.0 Å². The van der Waals surface area contributed by atoms with E-state index in [1.54, 1.807) is 13.8 Å². The number of aromatic nitrogens is 4. The summed E-state index contributed by atoms with van der Waals surface area (Å²) in [5.74, 6) is -0.0947. The number of rotatable bonds is 7. The van der Waals surface area contributed by atoms with E-state index in [0.29, 0.717) is 5.76 Å². The molecule has 172 valence electrons. The van der Waals surface area contributed by atoms with Crippen LogP contribution in [0, 0.1) is 17.2 Å². The van der Waals surface area contributed by atoms with Gasteiger partial charge in [0.1, 0.15) is 24.1 Å². The molecule has 0 radical (unpaired) electrons.